The third-order valence-electron chi connectivity index (χ3n) is 1.33. The maximum Gasteiger partial charge on any atom is 0.240 e. The van der Waals surface area contributed by atoms with E-state index in [9.17, 15) is 17.6 Å². The van der Waals surface area contributed by atoms with Crippen LogP contribution in [0.2, 0.25) is 0 Å². The molecule has 0 amide bonds. The highest BCUT2D eigenvalue weighted by Gasteiger charge is 2.02. The van der Waals surface area contributed by atoms with E-state index in [0.717, 1.165) is 0 Å². The summed E-state index contributed by atoms with van der Waals surface area (Å²) in [6.45, 7) is 0.262. The number of hydrogen-bond acceptors (Lipinski definition) is 2. The Morgan fingerprint density at radius 3 is 1.29 bits per heavy atom. The SMILES string of the molecule is FC(F)CCOCCOCCC(F)F. The molecule has 0 unspecified atom stereocenters. The van der Waals surface area contributed by atoms with Gasteiger partial charge in [-0.2, -0.15) is 0 Å². The van der Waals surface area contributed by atoms with Crippen LogP contribution < -0.4 is 0 Å². The van der Waals surface area contributed by atoms with Crippen molar-refractivity contribution >= 4 is 0 Å². The van der Waals surface area contributed by atoms with E-state index in [1.54, 1.807) is 0 Å². The summed E-state index contributed by atoms with van der Waals surface area (Å²) < 4.78 is 55.8. The summed E-state index contributed by atoms with van der Waals surface area (Å²) in [7, 11) is 0. The van der Waals surface area contributed by atoms with Crippen LogP contribution in [0.1, 0.15) is 12.8 Å². The van der Waals surface area contributed by atoms with Crippen LogP contribution >= 0.6 is 0 Å². The Morgan fingerprint density at radius 1 is 0.643 bits per heavy atom. The smallest absolute Gasteiger partial charge is 0.240 e. The fourth-order valence-corrected chi connectivity index (χ4v) is 0.667. The lowest BCUT2D eigenvalue weighted by molar-refractivity contribution is 0.0135. The largest absolute Gasteiger partial charge is 0.379 e. The van der Waals surface area contributed by atoms with Crippen molar-refractivity contribution in [1.29, 1.82) is 0 Å². The number of halogens is 4. The average Bonchev–Trinajstić information content (AvgIpc) is 2.08. The molecule has 0 aliphatic heterocycles. The van der Waals surface area contributed by atoms with Gasteiger partial charge in [-0.05, 0) is 0 Å². The molecule has 0 saturated carbocycles. The quantitative estimate of drug-likeness (QED) is 0.437. The molecule has 86 valence electrons. The van der Waals surface area contributed by atoms with Crippen molar-refractivity contribution in [2.75, 3.05) is 26.4 Å². The standard InChI is InChI=1S/C8H14F4O2/c9-7(10)1-3-13-5-6-14-4-2-8(11)12/h7-8H,1-6H2. The highest BCUT2D eigenvalue weighted by Crippen LogP contribution is 1.99. The van der Waals surface area contributed by atoms with E-state index in [0.29, 0.717) is 0 Å². The lowest BCUT2D eigenvalue weighted by Crippen LogP contribution is -2.09. The topological polar surface area (TPSA) is 18.5 Å². The molecule has 0 N–H and O–H groups in total. The first-order valence-electron chi connectivity index (χ1n) is 4.34. The van der Waals surface area contributed by atoms with Gasteiger partial charge < -0.3 is 9.47 Å². The molecule has 0 rings (SSSR count). The second-order valence-electron chi connectivity index (χ2n) is 2.58. The van der Waals surface area contributed by atoms with E-state index in [2.05, 4.69) is 0 Å². The number of alkyl halides is 4. The Morgan fingerprint density at radius 2 is 1.00 bits per heavy atom. The Kier molecular flexibility index (Phi) is 8.97. The van der Waals surface area contributed by atoms with E-state index in [-0.39, 0.29) is 39.3 Å². The molecule has 2 nitrogen and oxygen atoms in total. The minimum absolute atomic E-state index is 0.0319. The molecule has 0 spiro atoms. The van der Waals surface area contributed by atoms with Crippen LogP contribution in [0.25, 0.3) is 0 Å². The molecule has 6 heteroatoms. The van der Waals surface area contributed by atoms with Gasteiger partial charge in [0.05, 0.1) is 26.4 Å². The second-order valence-corrected chi connectivity index (χ2v) is 2.58. The number of hydrogen-bond donors (Lipinski definition) is 0. The lowest BCUT2D eigenvalue weighted by Gasteiger charge is -2.05. The van der Waals surface area contributed by atoms with E-state index < -0.39 is 12.9 Å². The Balaban J connectivity index is 2.92. The van der Waals surface area contributed by atoms with Gasteiger partial charge in [0.1, 0.15) is 0 Å². The Labute approximate surface area is 80.2 Å². The first kappa shape index (κ1) is 13.6. The molecule has 0 atom stereocenters. The summed E-state index contributed by atoms with van der Waals surface area (Å²) in [5, 5.41) is 0. The van der Waals surface area contributed by atoms with Crippen LogP contribution in [-0.4, -0.2) is 39.3 Å². The van der Waals surface area contributed by atoms with Gasteiger partial charge in [0.15, 0.2) is 0 Å². The summed E-state index contributed by atoms with van der Waals surface area (Å²) in [5.41, 5.74) is 0. The normalized spacial score (nSPS) is 11.6. The third-order valence-corrected chi connectivity index (χ3v) is 1.33. The predicted molar refractivity (Wildman–Crippen MR) is 42.9 cm³/mol. The molecular formula is C8H14F4O2. The summed E-state index contributed by atoms with van der Waals surface area (Å²) >= 11 is 0. The molecule has 0 aliphatic rings. The highest BCUT2D eigenvalue weighted by atomic mass is 19.3. The van der Waals surface area contributed by atoms with E-state index >= 15 is 0 Å². The van der Waals surface area contributed by atoms with Crippen LogP contribution in [-0.2, 0) is 9.47 Å². The van der Waals surface area contributed by atoms with Gasteiger partial charge >= 0.3 is 0 Å². The lowest BCUT2D eigenvalue weighted by atomic mass is 10.5. The zero-order valence-electron chi connectivity index (χ0n) is 7.73. The minimum Gasteiger partial charge on any atom is -0.379 e. The molecule has 0 aromatic carbocycles. The molecule has 0 aromatic heterocycles. The van der Waals surface area contributed by atoms with E-state index in [1.807, 2.05) is 0 Å². The zero-order valence-corrected chi connectivity index (χ0v) is 7.73. The molecule has 0 aromatic rings. The van der Waals surface area contributed by atoms with Gasteiger partial charge in [-0.15, -0.1) is 0 Å². The molecule has 0 bridgehead atoms. The van der Waals surface area contributed by atoms with Gasteiger partial charge in [-0.3, -0.25) is 0 Å². The first-order chi connectivity index (χ1) is 6.63. The monoisotopic (exact) mass is 218 g/mol. The van der Waals surface area contributed by atoms with E-state index in [1.165, 1.54) is 0 Å². The number of ether oxygens (including phenoxy) is 2. The van der Waals surface area contributed by atoms with Gasteiger partial charge in [-0.25, -0.2) is 17.6 Å². The highest BCUT2D eigenvalue weighted by molar-refractivity contribution is 4.40. The Hall–Kier alpha value is -0.360. The first-order valence-corrected chi connectivity index (χ1v) is 4.34. The molecular weight excluding hydrogens is 204 g/mol. The van der Waals surface area contributed by atoms with Gasteiger partial charge in [-0.1, -0.05) is 0 Å². The Bertz CT molecular complexity index is 108. The zero-order chi connectivity index (χ0) is 10.8. The average molecular weight is 218 g/mol. The van der Waals surface area contributed by atoms with Crippen LogP contribution in [0, 0.1) is 0 Å². The van der Waals surface area contributed by atoms with Crippen molar-refractivity contribution in [2.24, 2.45) is 0 Å². The van der Waals surface area contributed by atoms with Crippen LogP contribution in [0.15, 0.2) is 0 Å². The van der Waals surface area contributed by atoms with Crippen molar-refractivity contribution in [2.45, 2.75) is 25.7 Å². The fraction of sp³-hybridized carbons (Fsp3) is 1.00. The summed E-state index contributed by atoms with van der Waals surface area (Å²) in [6, 6.07) is 0. The van der Waals surface area contributed by atoms with Crippen molar-refractivity contribution in [3.05, 3.63) is 0 Å². The van der Waals surface area contributed by atoms with Crippen molar-refractivity contribution in [1.82, 2.24) is 0 Å². The maximum absolute atomic E-state index is 11.6. The van der Waals surface area contributed by atoms with Crippen molar-refractivity contribution < 1.29 is 27.0 Å². The summed E-state index contributed by atoms with van der Waals surface area (Å²) in [6.07, 6.45) is -5.35. The van der Waals surface area contributed by atoms with Gasteiger partial charge in [0, 0.05) is 12.8 Å². The molecule has 0 aliphatic carbocycles. The second kappa shape index (κ2) is 9.21. The molecule has 0 heterocycles. The van der Waals surface area contributed by atoms with Gasteiger partial charge in [0.2, 0.25) is 12.9 Å². The molecule has 14 heavy (non-hydrogen) atoms. The predicted octanol–water partition coefficient (Wildman–Crippen LogP) is 2.33. The van der Waals surface area contributed by atoms with Gasteiger partial charge in [0.25, 0.3) is 0 Å². The minimum atomic E-state index is -2.37. The van der Waals surface area contributed by atoms with Crippen LogP contribution in [0.4, 0.5) is 17.6 Å². The molecule has 0 fully saturated rings. The summed E-state index contributed by atoms with van der Waals surface area (Å²) in [4.78, 5) is 0. The molecule has 0 saturated heterocycles. The van der Waals surface area contributed by atoms with Crippen LogP contribution in [0.5, 0.6) is 0 Å². The number of rotatable bonds is 9. The fourth-order valence-electron chi connectivity index (χ4n) is 0.667. The maximum atomic E-state index is 11.6. The molecule has 0 radical (unpaired) electrons. The summed E-state index contributed by atoms with van der Waals surface area (Å²) in [5.74, 6) is 0. The third kappa shape index (κ3) is 11.6. The van der Waals surface area contributed by atoms with Crippen molar-refractivity contribution in [3.63, 3.8) is 0 Å². The van der Waals surface area contributed by atoms with Crippen molar-refractivity contribution in [3.8, 4) is 0 Å². The van der Waals surface area contributed by atoms with E-state index in [4.69, 9.17) is 9.47 Å². The van der Waals surface area contributed by atoms with Crippen LogP contribution in [0.3, 0.4) is 0 Å².